The van der Waals surface area contributed by atoms with E-state index in [-0.39, 0.29) is 11.4 Å². The second-order valence-corrected chi connectivity index (χ2v) is 4.51. The lowest BCUT2D eigenvalue weighted by molar-refractivity contribution is -0.146. The van der Waals surface area contributed by atoms with Crippen LogP contribution in [0.15, 0.2) is 12.1 Å². The van der Waals surface area contributed by atoms with Crippen LogP contribution < -0.4 is 4.90 Å². The van der Waals surface area contributed by atoms with Crippen molar-refractivity contribution >= 4 is 17.2 Å². The Balaban J connectivity index is 0.000000847. The summed E-state index contributed by atoms with van der Waals surface area (Å²) >= 11 is 0. The average molecular weight is 315 g/mol. The molecule has 0 radical (unpaired) electrons. The van der Waals surface area contributed by atoms with Crippen molar-refractivity contribution in [3.8, 4) is 0 Å². The third kappa shape index (κ3) is 3.18. The van der Waals surface area contributed by atoms with E-state index < -0.39 is 12.0 Å². The van der Waals surface area contributed by atoms with Gasteiger partial charge in [0.25, 0.3) is 5.82 Å². The van der Waals surface area contributed by atoms with Crippen molar-refractivity contribution in [3.05, 3.63) is 18.0 Å². The Morgan fingerprint density at radius 2 is 1.73 bits per heavy atom. The van der Waals surface area contributed by atoms with Crippen LogP contribution in [0.4, 0.5) is 19.0 Å². The Morgan fingerprint density at radius 1 is 1.09 bits per heavy atom. The molecule has 1 fully saturated rings. The Morgan fingerprint density at radius 3 is 2.32 bits per heavy atom. The van der Waals surface area contributed by atoms with Gasteiger partial charge in [-0.05, 0) is 12.1 Å². The second kappa shape index (κ2) is 6.29. The first kappa shape index (κ1) is 16.2. The van der Waals surface area contributed by atoms with Crippen LogP contribution in [0, 0.1) is 0 Å². The molecular weight excluding hydrogens is 299 g/mol. The minimum Gasteiger partial charge on any atom is -0.354 e. The van der Waals surface area contributed by atoms with Crippen molar-refractivity contribution in [1.82, 2.24) is 19.8 Å². The molecule has 6 nitrogen and oxygen atoms in total. The first-order valence-corrected chi connectivity index (χ1v) is 7.01. The van der Waals surface area contributed by atoms with Crippen molar-refractivity contribution in [2.45, 2.75) is 32.9 Å². The van der Waals surface area contributed by atoms with Gasteiger partial charge in [-0.1, -0.05) is 13.8 Å². The number of halogens is 3. The van der Waals surface area contributed by atoms with Gasteiger partial charge in [0.2, 0.25) is 0 Å². The number of ketones is 1. The normalized spacial score (nSPS) is 15.7. The lowest BCUT2D eigenvalue weighted by Gasteiger charge is -2.26. The number of carbonyl (C=O) groups excluding carboxylic acids is 1. The number of aromatic nitrogens is 4. The molecule has 0 aliphatic carbocycles. The van der Waals surface area contributed by atoms with Gasteiger partial charge in [-0.2, -0.15) is 17.7 Å². The molecule has 0 unspecified atom stereocenters. The molecule has 1 aliphatic rings. The lowest BCUT2D eigenvalue weighted by atomic mass is 10.1. The molecule has 9 heteroatoms. The molecule has 3 heterocycles. The minimum atomic E-state index is -4.61. The molecule has 3 rings (SSSR count). The summed E-state index contributed by atoms with van der Waals surface area (Å²) in [7, 11) is 0. The quantitative estimate of drug-likeness (QED) is 0.808. The summed E-state index contributed by atoms with van der Waals surface area (Å²) in [5.41, 5.74) is 0.0363. The van der Waals surface area contributed by atoms with Crippen LogP contribution in [0.5, 0.6) is 0 Å². The molecule has 22 heavy (non-hydrogen) atoms. The SMILES string of the molecule is CC.O=C1CCN(c2ccc3nnc(C(F)(F)F)n3n2)CC1. The molecule has 1 saturated heterocycles. The standard InChI is InChI=1S/C11H10F3N5O.C2H6/c12-11(13,14)10-16-15-8-1-2-9(17-19(8)10)18-5-3-7(20)4-6-18;1-2/h1-2H,3-6H2;1-2H3. The van der Waals surface area contributed by atoms with E-state index in [1.54, 1.807) is 11.0 Å². The van der Waals surface area contributed by atoms with Crippen molar-refractivity contribution < 1.29 is 18.0 Å². The number of nitrogens with zero attached hydrogens (tertiary/aromatic N) is 5. The van der Waals surface area contributed by atoms with Crippen LogP contribution in [0.1, 0.15) is 32.5 Å². The van der Waals surface area contributed by atoms with Crippen LogP contribution in [0.25, 0.3) is 5.65 Å². The Bertz CT molecular complexity index is 657. The van der Waals surface area contributed by atoms with Crippen LogP contribution in [-0.2, 0) is 11.0 Å². The molecule has 2 aromatic heterocycles. The monoisotopic (exact) mass is 315 g/mol. The number of anilines is 1. The highest BCUT2D eigenvalue weighted by Crippen LogP contribution is 2.28. The number of piperidine rings is 1. The summed E-state index contributed by atoms with van der Waals surface area (Å²) in [5.74, 6) is -0.611. The van der Waals surface area contributed by atoms with Crippen LogP contribution in [0.2, 0.25) is 0 Å². The zero-order valence-electron chi connectivity index (χ0n) is 12.3. The summed E-state index contributed by atoms with van der Waals surface area (Å²) in [6.45, 7) is 4.92. The number of rotatable bonds is 1. The van der Waals surface area contributed by atoms with Crippen LogP contribution in [0.3, 0.4) is 0 Å². The zero-order chi connectivity index (χ0) is 16.3. The maximum atomic E-state index is 12.8. The highest BCUT2D eigenvalue weighted by Gasteiger charge is 2.37. The van der Waals surface area contributed by atoms with Gasteiger partial charge >= 0.3 is 6.18 Å². The first-order chi connectivity index (χ1) is 10.4. The maximum Gasteiger partial charge on any atom is 0.453 e. The molecule has 1 aliphatic heterocycles. The number of hydrogen-bond donors (Lipinski definition) is 0. The van der Waals surface area contributed by atoms with Crippen LogP contribution in [-0.4, -0.2) is 38.7 Å². The van der Waals surface area contributed by atoms with Crippen molar-refractivity contribution in [2.24, 2.45) is 0 Å². The van der Waals surface area contributed by atoms with Gasteiger partial charge in [0.1, 0.15) is 11.6 Å². The summed E-state index contributed by atoms with van der Waals surface area (Å²) in [5, 5.41) is 10.5. The second-order valence-electron chi connectivity index (χ2n) is 4.51. The van der Waals surface area contributed by atoms with Gasteiger partial charge < -0.3 is 4.90 Å². The molecular formula is C13H16F3N5O. The fourth-order valence-corrected chi connectivity index (χ4v) is 2.11. The first-order valence-electron chi connectivity index (χ1n) is 7.01. The summed E-state index contributed by atoms with van der Waals surface area (Å²) in [6, 6.07) is 3.01. The maximum absolute atomic E-state index is 12.8. The summed E-state index contributed by atoms with van der Waals surface area (Å²) in [6.07, 6.45) is -3.84. The van der Waals surface area contributed by atoms with Crippen molar-refractivity contribution in [3.63, 3.8) is 0 Å². The number of Topliss-reactive ketones (excluding diaryl/α,β-unsaturated/α-hetero) is 1. The smallest absolute Gasteiger partial charge is 0.354 e. The lowest BCUT2D eigenvalue weighted by Crippen LogP contribution is -2.34. The van der Waals surface area contributed by atoms with Gasteiger partial charge in [-0.3, -0.25) is 4.79 Å². The molecule has 0 saturated carbocycles. The number of fused-ring (bicyclic) bond motifs is 1. The van der Waals surface area contributed by atoms with E-state index in [4.69, 9.17) is 0 Å². The van der Waals surface area contributed by atoms with Gasteiger partial charge in [-0.15, -0.1) is 15.3 Å². The summed E-state index contributed by atoms with van der Waals surface area (Å²) in [4.78, 5) is 13.0. The summed E-state index contributed by atoms with van der Waals surface area (Å²) < 4.78 is 39.0. The molecule has 120 valence electrons. The molecule has 0 bridgehead atoms. The number of carbonyl (C=O) groups is 1. The van der Waals surface area contributed by atoms with E-state index in [0.29, 0.717) is 36.3 Å². The Labute approximate surface area is 124 Å². The number of alkyl halides is 3. The van der Waals surface area contributed by atoms with Gasteiger partial charge in [0.05, 0.1) is 0 Å². The third-order valence-electron chi connectivity index (χ3n) is 3.15. The highest BCUT2D eigenvalue weighted by atomic mass is 19.4. The van der Waals surface area contributed by atoms with E-state index in [1.807, 2.05) is 13.8 Å². The number of hydrogen-bond acceptors (Lipinski definition) is 5. The molecule has 0 atom stereocenters. The molecule has 0 spiro atoms. The van der Waals surface area contributed by atoms with Crippen LogP contribution >= 0.6 is 0 Å². The van der Waals surface area contributed by atoms with Gasteiger partial charge in [0, 0.05) is 25.9 Å². The average Bonchev–Trinajstić information content (AvgIpc) is 2.93. The molecule has 0 aromatic carbocycles. The van der Waals surface area contributed by atoms with Crippen molar-refractivity contribution in [2.75, 3.05) is 18.0 Å². The third-order valence-corrected chi connectivity index (χ3v) is 3.15. The topological polar surface area (TPSA) is 63.4 Å². The fourth-order valence-electron chi connectivity index (χ4n) is 2.11. The van der Waals surface area contributed by atoms with E-state index in [9.17, 15) is 18.0 Å². The Kier molecular flexibility index (Phi) is 4.62. The highest BCUT2D eigenvalue weighted by molar-refractivity contribution is 5.80. The molecule has 2 aromatic rings. The largest absolute Gasteiger partial charge is 0.453 e. The van der Waals surface area contributed by atoms with E-state index in [1.165, 1.54) is 6.07 Å². The van der Waals surface area contributed by atoms with Gasteiger partial charge in [-0.25, -0.2) is 0 Å². The minimum absolute atomic E-state index is 0.0363. The predicted molar refractivity (Wildman–Crippen MR) is 73.6 cm³/mol. The van der Waals surface area contributed by atoms with Crippen molar-refractivity contribution in [1.29, 1.82) is 0 Å². The molecule has 0 N–H and O–H groups in total. The fraction of sp³-hybridized carbons (Fsp3) is 0.538. The zero-order valence-corrected chi connectivity index (χ0v) is 12.3. The van der Waals surface area contributed by atoms with Gasteiger partial charge in [0.15, 0.2) is 5.65 Å². The van der Waals surface area contributed by atoms with E-state index in [0.717, 1.165) is 0 Å². The van der Waals surface area contributed by atoms with E-state index >= 15 is 0 Å². The van der Waals surface area contributed by atoms with E-state index in [2.05, 4.69) is 15.3 Å². The predicted octanol–water partition coefficient (Wildman–Crippen LogP) is 2.34. The molecule has 0 amide bonds. The Hall–Kier alpha value is -2.19.